The summed E-state index contributed by atoms with van der Waals surface area (Å²) in [6.07, 6.45) is 1.62. The molecule has 0 fully saturated rings. The first-order valence-electron chi connectivity index (χ1n) is 13.6. The largest absolute Gasteiger partial charge is 0.481 e. The highest BCUT2D eigenvalue weighted by molar-refractivity contribution is 6.03. The molecule has 2 atom stereocenters. The lowest BCUT2D eigenvalue weighted by atomic mass is 9.86. The number of carbonyl (C=O) groups is 3. The topological polar surface area (TPSA) is 165 Å². The molecule has 1 heterocycles. The highest BCUT2D eigenvalue weighted by Gasteiger charge is 2.28. The van der Waals surface area contributed by atoms with E-state index in [0.717, 1.165) is 5.56 Å². The maximum Gasteiger partial charge on any atom is 0.336 e. The van der Waals surface area contributed by atoms with Crippen molar-refractivity contribution in [1.82, 2.24) is 4.98 Å². The van der Waals surface area contributed by atoms with Gasteiger partial charge in [-0.1, -0.05) is 38.1 Å². The van der Waals surface area contributed by atoms with Crippen LogP contribution in [0.5, 0.6) is 0 Å². The van der Waals surface area contributed by atoms with Crippen molar-refractivity contribution in [3.63, 3.8) is 0 Å². The van der Waals surface area contributed by atoms with Crippen molar-refractivity contribution in [2.75, 3.05) is 0 Å². The molecule has 4 rings (SSSR count). The Kier molecular flexibility index (Phi) is 9.18. The number of aliphatic hydroxyl groups excluding tert-OH is 2. The van der Waals surface area contributed by atoms with E-state index in [0.29, 0.717) is 58.5 Å². The van der Waals surface area contributed by atoms with Crippen molar-refractivity contribution in [1.29, 1.82) is 0 Å². The first-order chi connectivity index (χ1) is 19.9. The number of aromatic nitrogens is 1. The standard InChI is InChI=1S/C32H32FNO8/c1-16(2)29-23(11-10-20(35)13-21(36)14-27(37)38)28(17-6-8-19(33)9-7-17)22-5-3-4-18-12-25(31(39)40)26(32(41)42)15-24(18)30(22)34-29/h6-12,15-16,20-21,35-36H,3-5,13-14H2,1-2H3,(H,37,38)(H,39,40)(H,41,42)/b11-10+/t20-,21-/m1/s1. The minimum Gasteiger partial charge on any atom is -0.481 e. The zero-order chi connectivity index (χ0) is 30.7. The minimum absolute atomic E-state index is 0.159. The number of carboxylic acid groups (broad SMARTS) is 3. The Bertz CT molecular complexity index is 1560. The number of rotatable bonds is 10. The summed E-state index contributed by atoms with van der Waals surface area (Å²) in [5.74, 6) is -4.48. The van der Waals surface area contributed by atoms with Crippen LogP contribution in [-0.2, 0) is 17.6 Å². The molecule has 3 aromatic rings. The van der Waals surface area contributed by atoms with Gasteiger partial charge in [0.2, 0.25) is 0 Å². The first kappa shape index (κ1) is 30.5. The number of hydrogen-bond donors (Lipinski definition) is 5. The van der Waals surface area contributed by atoms with Crippen LogP contribution in [0.3, 0.4) is 0 Å². The van der Waals surface area contributed by atoms with E-state index in [1.807, 2.05) is 13.8 Å². The Morgan fingerprint density at radius 2 is 1.62 bits per heavy atom. The molecular weight excluding hydrogens is 545 g/mol. The molecule has 0 bridgehead atoms. The lowest BCUT2D eigenvalue weighted by Gasteiger charge is -2.22. The van der Waals surface area contributed by atoms with Crippen molar-refractivity contribution in [3.8, 4) is 22.4 Å². The van der Waals surface area contributed by atoms with Crippen LogP contribution >= 0.6 is 0 Å². The number of halogens is 1. The number of nitrogens with zero attached hydrogens (tertiary/aromatic N) is 1. The van der Waals surface area contributed by atoms with Crippen LogP contribution in [-0.4, -0.2) is 60.6 Å². The number of carboxylic acids is 3. The third-order valence-corrected chi connectivity index (χ3v) is 7.29. The van der Waals surface area contributed by atoms with Gasteiger partial charge in [-0.2, -0.15) is 0 Å². The number of aliphatic carboxylic acids is 1. The molecule has 0 aliphatic heterocycles. The fourth-order valence-electron chi connectivity index (χ4n) is 5.41. The molecule has 42 heavy (non-hydrogen) atoms. The second-order valence-electron chi connectivity index (χ2n) is 10.7. The first-order valence-corrected chi connectivity index (χ1v) is 13.6. The molecule has 10 heteroatoms. The third kappa shape index (κ3) is 6.56. The van der Waals surface area contributed by atoms with Gasteiger partial charge in [-0.15, -0.1) is 0 Å². The van der Waals surface area contributed by atoms with Gasteiger partial charge in [0.25, 0.3) is 0 Å². The van der Waals surface area contributed by atoms with Crippen LogP contribution in [0.4, 0.5) is 4.39 Å². The van der Waals surface area contributed by atoms with E-state index in [4.69, 9.17) is 10.1 Å². The second kappa shape index (κ2) is 12.6. The van der Waals surface area contributed by atoms with Gasteiger partial charge in [0.1, 0.15) is 5.82 Å². The predicted molar refractivity (Wildman–Crippen MR) is 153 cm³/mol. The van der Waals surface area contributed by atoms with Crippen LogP contribution < -0.4 is 0 Å². The Hall–Kier alpha value is -4.41. The van der Waals surface area contributed by atoms with Gasteiger partial charge in [-0.25, -0.2) is 14.0 Å². The smallest absolute Gasteiger partial charge is 0.336 e. The van der Waals surface area contributed by atoms with E-state index >= 15 is 0 Å². The molecule has 0 saturated carbocycles. The molecule has 1 aromatic heterocycles. The molecule has 220 valence electrons. The summed E-state index contributed by atoms with van der Waals surface area (Å²) in [4.78, 5) is 39.8. The molecule has 0 spiro atoms. The van der Waals surface area contributed by atoms with Crippen molar-refractivity contribution >= 4 is 24.0 Å². The molecule has 5 N–H and O–H groups in total. The van der Waals surface area contributed by atoms with E-state index in [2.05, 4.69) is 0 Å². The maximum absolute atomic E-state index is 14.0. The van der Waals surface area contributed by atoms with Gasteiger partial charge in [-0.05, 0) is 71.7 Å². The highest BCUT2D eigenvalue weighted by Crippen LogP contribution is 2.42. The molecule has 0 unspecified atom stereocenters. The number of benzene rings is 2. The normalized spacial score (nSPS) is 14.2. The SMILES string of the molecule is CC(C)c1nc2c(c(-c3ccc(F)cc3)c1/C=C/[C@@H](O)C[C@@H](O)CC(=O)O)CCCc1cc(C(=O)O)c(C(=O)O)cc1-2. The number of pyridine rings is 1. The Balaban J connectivity index is 1.99. The number of aromatic carboxylic acids is 2. The summed E-state index contributed by atoms with van der Waals surface area (Å²) in [7, 11) is 0. The van der Waals surface area contributed by atoms with E-state index in [1.165, 1.54) is 30.3 Å². The Morgan fingerprint density at radius 3 is 2.21 bits per heavy atom. The molecule has 0 radical (unpaired) electrons. The maximum atomic E-state index is 14.0. The molecule has 0 amide bonds. The van der Waals surface area contributed by atoms with Crippen molar-refractivity contribution in [2.24, 2.45) is 0 Å². The predicted octanol–water partition coefficient (Wildman–Crippen LogP) is 5.16. The second-order valence-corrected chi connectivity index (χ2v) is 10.7. The minimum atomic E-state index is -1.37. The molecule has 1 aliphatic rings. The quantitative estimate of drug-likeness (QED) is 0.219. The summed E-state index contributed by atoms with van der Waals surface area (Å²) < 4.78 is 14.0. The van der Waals surface area contributed by atoms with Gasteiger partial charge in [0.15, 0.2) is 0 Å². The average Bonchev–Trinajstić information content (AvgIpc) is 3.09. The van der Waals surface area contributed by atoms with Crippen LogP contribution in [0.15, 0.2) is 42.5 Å². The number of fused-ring (bicyclic) bond motifs is 3. The lowest BCUT2D eigenvalue weighted by Crippen LogP contribution is -2.19. The van der Waals surface area contributed by atoms with Gasteiger partial charge >= 0.3 is 17.9 Å². The summed E-state index contributed by atoms with van der Waals surface area (Å²) in [6, 6.07) is 8.67. The third-order valence-electron chi connectivity index (χ3n) is 7.29. The summed E-state index contributed by atoms with van der Waals surface area (Å²) >= 11 is 0. The lowest BCUT2D eigenvalue weighted by molar-refractivity contribution is -0.139. The van der Waals surface area contributed by atoms with E-state index in [1.54, 1.807) is 18.2 Å². The van der Waals surface area contributed by atoms with E-state index < -0.39 is 42.4 Å². The number of aliphatic hydroxyl groups is 2. The monoisotopic (exact) mass is 577 g/mol. The summed E-state index contributed by atoms with van der Waals surface area (Å²) in [5.41, 5.74) is 4.44. The van der Waals surface area contributed by atoms with Crippen molar-refractivity contribution in [2.45, 2.75) is 64.1 Å². The Labute approximate surface area is 241 Å². The van der Waals surface area contributed by atoms with Gasteiger partial charge < -0.3 is 25.5 Å². The van der Waals surface area contributed by atoms with Crippen molar-refractivity contribution < 1.29 is 44.3 Å². The average molecular weight is 578 g/mol. The van der Waals surface area contributed by atoms with E-state index in [9.17, 15) is 39.2 Å². The Morgan fingerprint density at radius 1 is 0.976 bits per heavy atom. The van der Waals surface area contributed by atoms with Crippen LogP contribution in [0.2, 0.25) is 0 Å². The van der Waals surface area contributed by atoms with Gasteiger partial charge in [-0.3, -0.25) is 9.78 Å². The van der Waals surface area contributed by atoms with Crippen LogP contribution in [0.25, 0.3) is 28.5 Å². The van der Waals surface area contributed by atoms with Gasteiger partial charge in [0.05, 0.1) is 41.1 Å². The van der Waals surface area contributed by atoms with Crippen LogP contribution in [0, 0.1) is 5.82 Å². The zero-order valence-electron chi connectivity index (χ0n) is 23.2. The number of aryl methyl sites for hydroxylation is 1. The fraction of sp³-hybridized carbons (Fsp3) is 0.312. The molecule has 2 aromatic carbocycles. The summed E-state index contributed by atoms with van der Waals surface area (Å²) in [6.45, 7) is 3.84. The fourth-order valence-corrected chi connectivity index (χ4v) is 5.41. The molecule has 9 nitrogen and oxygen atoms in total. The van der Waals surface area contributed by atoms with E-state index in [-0.39, 0.29) is 23.5 Å². The van der Waals surface area contributed by atoms with Crippen molar-refractivity contribution in [3.05, 3.63) is 81.8 Å². The molecule has 1 aliphatic carbocycles. The zero-order valence-corrected chi connectivity index (χ0v) is 23.2. The number of hydrogen-bond acceptors (Lipinski definition) is 6. The summed E-state index contributed by atoms with van der Waals surface area (Å²) in [5, 5.41) is 49.0. The van der Waals surface area contributed by atoms with Gasteiger partial charge in [0, 0.05) is 17.5 Å². The van der Waals surface area contributed by atoms with Crippen LogP contribution in [0.1, 0.15) is 82.1 Å². The molecule has 0 saturated heterocycles. The molecular formula is C32H32FNO8. The highest BCUT2D eigenvalue weighted by atomic mass is 19.1.